The van der Waals surface area contributed by atoms with Crippen molar-refractivity contribution in [3.05, 3.63) is 30.0 Å². The molecule has 5 nitrogen and oxygen atoms in total. The summed E-state index contributed by atoms with van der Waals surface area (Å²) in [7, 11) is 0. The topological polar surface area (TPSA) is 74.0 Å². The Kier molecular flexibility index (Phi) is 4.37. The molecular formula is C22H25F2N3O2. The fourth-order valence-electron chi connectivity index (χ4n) is 6.52. The minimum atomic E-state index is -1.01. The standard InChI is InChI=1S/C22H25F2N3O2/c23-16-6-15-18(7-17(16)24)26-11-19(15)27-21(29)20(28)25-2-1-22-8-12-3-13(9-22)5-14(4-12)10-22/h6-7,11-14,26H,1-5,8-10H2,(H,25,28)(H,27,29). The Morgan fingerprint density at radius 1 is 1.00 bits per heavy atom. The van der Waals surface area contributed by atoms with Crippen LogP contribution in [0, 0.1) is 34.8 Å². The molecule has 4 fully saturated rings. The molecule has 1 aromatic heterocycles. The third kappa shape index (κ3) is 3.40. The van der Waals surface area contributed by atoms with Gasteiger partial charge in [0.2, 0.25) is 0 Å². The number of nitrogens with one attached hydrogen (secondary N) is 3. The van der Waals surface area contributed by atoms with E-state index in [2.05, 4.69) is 15.6 Å². The van der Waals surface area contributed by atoms with Crippen molar-refractivity contribution >= 4 is 28.4 Å². The summed E-state index contributed by atoms with van der Waals surface area (Å²) in [5.41, 5.74) is 0.943. The molecule has 0 spiro atoms. The fourth-order valence-corrected chi connectivity index (χ4v) is 6.52. The maximum atomic E-state index is 13.5. The van der Waals surface area contributed by atoms with Crippen LogP contribution in [0.2, 0.25) is 0 Å². The molecule has 6 rings (SSSR count). The highest BCUT2D eigenvalue weighted by molar-refractivity contribution is 6.40. The van der Waals surface area contributed by atoms with Gasteiger partial charge in [-0.15, -0.1) is 0 Å². The molecular weight excluding hydrogens is 376 g/mol. The molecule has 154 valence electrons. The summed E-state index contributed by atoms with van der Waals surface area (Å²) in [6.45, 7) is 0.492. The molecule has 29 heavy (non-hydrogen) atoms. The number of H-pyrrole nitrogens is 1. The molecule has 0 aliphatic heterocycles. The van der Waals surface area contributed by atoms with Crippen LogP contribution in [0.15, 0.2) is 18.3 Å². The highest BCUT2D eigenvalue weighted by Gasteiger charge is 2.50. The quantitative estimate of drug-likeness (QED) is 0.675. The maximum Gasteiger partial charge on any atom is 0.313 e. The van der Waals surface area contributed by atoms with Crippen molar-refractivity contribution in [3.63, 3.8) is 0 Å². The zero-order valence-electron chi connectivity index (χ0n) is 16.2. The van der Waals surface area contributed by atoms with E-state index in [9.17, 15) is 18.4 Å². The van der Waals surface area contributed by atoms with Gasteiger partial charge in [-0.1, -0.05) is 0 Å². The predicted octanol–water partition coefficient (Wildman–Crippen LogP) is 4.11. The Balaban J connectivity index is 1.18. The second-order valence-electron chi connectivity index (χ2n) is 9.39. The van der Waals surface area contributed by atoms with E-state index >= 15 is 0 Å². The summed E-state index contributed by atoms with van der Waals surface area (Å²) in [4.78, 5) is 27.3. The first-order valence-electron chi connectivity index (χ1n) is 10.5. The Hall–Kier alpha value is -2.44. The molecule has 4 aliphatic rings. The van der Waals surface area contributed by atoms with Crippen molar-refractivity contribution in [2.75, 3.05) is 11.9 Å². The van der Waals surface area contributed by atoms with E-state index in [1.165, 1.54) is 44.7 Å². The van der Waals surface area contributed by atoms with Gasteiger partial charge in [0.05, 0.1) is 11.2 Å². The summed E-state index contributed by atoms with van der Waals surface area (Å²) >= 11 is 0. The molecule has 2 aromatic rings. The van der Waals surface area contributed by atoms with Gasteiger partial charge in [-0.25, -0.2) is 8.78 Å². The Morgan fingerprint density at radius 2 is 1.62 bits per heavy atom. The van der Waals surface area contributed by atoms with Crippen LogP contribution in [-0.2, 0) is 9.59 Å². The third-order valence-electron chi connectivity index (χ3n) is 7.28. The molecule has 7 heteroatoms. The zero-order chi connectivity index (χ0) is 20.2. The van der Waals surface area contributed by atoms with Crippen LogP contribution in [0.5, 0.6) is 0 Å². The van der Waals surface area contributed by atoms with Crippen LogP contribution in [0.1, 0.15) is 44.9 Å². The molecule has 4 bridgehead atoms. The molecule has 1 aromatic carbocycles. The molecule has 0 saturated heterocycles. The summed E-state index contributed by atoms with van der Waals surface area (Å²) < 4.78 is 26.8. The average molecular weight is 401 g/mol. The van der Waals surface area contributed by atoms with Crippen LogP contribution < -0.4 is 10.6 Å². The van der Waals surface area contributed by atoms with Crippen LogP contribution in [0.4, 0.5) is 14.5 Å². The van der Waals surface area contributed by atoms with Gasteiger partial charge in [0.25, 0.3) is 0 Å². The molecule has 3 N–H and O–H groups in total. The summed E-state index contributed by atoms with van der Waals surface area (Å²) in [5, 5.41) is 5.55. The number of hydrogen-bond acceptors (Lipinski definition) is 2. The number of aromatic amines is 1. The first-order chi connectivity index (χ1) is 13.9. The van der Waals surface area contributed by atoms with Gasteiger partial charge >= 0.3 is 11.8 Å². The summed E-state index contributed by atoms with van der Waals surface area (Å²) in [5.74, 6) is -0.924. The molecule has 0 atom stereocenters. The predicted molar refractivity (Wildman–Crippen MR) is 105 cm³/mol. The van der Waals surface area contributed by atoms with Gasteiger partial charge in [0.1, 0.15) is 0 Å². The molecule has 4 aliphatic carbocycles. The SMILES string of the molecule is O=C(NCCC12CC3CC(CC(C3)C1)C2)C(=O)Nc1c[nH]c2cc(F)c(F)cc12. The van der Waals surface area contributed by atoms with Gasteiger partial charge in [-0.2, -0.15) is 0 Å². The number of aromatic nitrogens is 1. The molecule has 4 saturated carbocycles. The van der Waals surface area contributed by atoms with Crippen molar-refractivity contribution in [1.29, 1.82) is 0 Å². The summed E-state index contributed by atoms with van der Waals surface area (Å²) in [6, 6.07) is 2.02. The van der Waals surface area contributed by atoms with Crippen molar-refractivity contribution in [2.24, 2.45) is 23.2 Å². The number of anilines is 1. The third-order valence-corrected chi connectivity index (χ3v) is 7.28. The Bertz CT molecular complexity index is 949. The van der Waals surface area contributed by atoms with E-state index in [0.29, 0.717) is 22.9 Å². The van der Waals surface area contributed by atoms with Gasteiger partial charge in [0, 0.05) is 24.2 Å². The minimum Gasteiger partial charge on any atom is -0.359 e. The van der Waals surface area contributed by atoms with E-state index in [4.69, 9.17) is 0 Å². The number of carbonyl (C=O) groups excluding carboxylic acids is 2. The van der Waals surface area contributed by atoms with Crippen molar-refractivity contribution in [3.8, 4) is 0 Å². The number of amides is 2. The monoisotopic (exact) mass is 401 g/mol. The highest BCUT2D eigenvalue weighted by Crippen LogP contribution is 2.61. The lowest BCUT2D eigenvalue weighted by molar-refractivity contribution is -0.136. The van der Waals surface area contributed by atoms with Crippen LogP contribution in [-0.4, -0.2) is 23.3 Å². The van der Waals surface area contributed by atoms with E-state index < -0.39 is 23.4 Å². The Morgan fingerprint density at radius 3 is 2.28 bits per heavy atom. The van der Waals surface area contributed by atoms with E-state index in [-0.39, 0.29) is 5.69 Å². The zero-order valence-corrected chi connectivity index (χ0v) is 16.2. The van der Waals surface area contributed by atoms with Crippen LogP contribution in [0.25, 0.3) is 10.9 Å². The van der Waals surface area contributed by atoms with Crippen LogP contribution in [0.3, 0.4) is 0 Å². The van der Waals surface area contributed by atoms with Gasteiger partial charge in [0.15, 0.2) is 11.6 Å². The minimum absolute atomic E-state index is 0.250. The smallest absolute Gasteiger partial charge is 0.313 e. The first-order valence-corrected chi connectivity index (χ1v) is 10.5. The largest absolute Gasteiger partial charge is 0.359 e. The number of hydrogen-bond donors (Lipinski definition) is 3. The van der Waals surface area contributed by atoms with Crippen LogP contribution >= 0.6 is 0 Å². The van der Waals surface area contributed by atoms with Crippen molar-refractivity contribution < 1.29 is 18.4 Å². The normalized spacial score (nSPS) is 29.9. The lowest BCUT2D eigenvalue weighted by Crippen LogP contribution is -2.47. The fraction of sp³-hybridized carbons (Fsp3) is 0.545. The van der Waals surface area contributed by atoms with Gasteiger partial charge in [-0.05, 0) is 74.2 Å². The van der Waals surface area contributed by atoms with E-state index in [1.54, 1.807) is 0 Å². The number of carbonyl (C=O) groups is 2. The number of fused-ring (bicyclic) bond motifs is 1. The molecule has 0 unspecified atom stereocenters. The highest BCUT2D eigenvalue weighted by atomic mass is 19.2. The summed E-state index contributed by atoms with van der Waals surface area (Å²) in [6.07, 6.45) is 10.3. The molecule has 2 amide bonds. The molecule has 1 heterocycles. The van der Waals surface area contributed by atoms with Gasteiger partial charge < -0.3 is 15.6 Å². The number of benzene rings is 1. The first kappa shape index (κ1) is 18.6. The lowest BCUT2D eigenvalue weighted by atomic mass is 9.49. The second kappa shape index (κ2) is 6.82. The lowest BCUT2D eigenvalue weighted by Gasteiger charge is -2.57. The number of halogens is 2. The second-order valence-corrected chi connectivity index (χ2v) is 9.39. The number of rotatable bonds is 4. The average Bonchev–Trinajstić information content (AvgIpc) is 3.02. The van der Waals surface area contributed by atoms with Gasteiger partial charge in [-0.3, -0.25) is 9.59 Å². The molecule has 0 radical (unpaired) electrons. The van der Waals surface area contributed by atoms with Crippen molar-refractivity contribution in [1.82, 2.24) is 10.3 Å². The maximum absolute atomic E-state index is 13.5. The van der Waals surface area contributed by atoms with E-state index in [0.717, 1.165) is 36.3 Å². The van der Waals surface area contributed by atoms with Crippen molar-refractivity contribution in [2.45, 2.75) is 44.9 Å². The Labute approximate surface area is 167 Å². The van der Waals surface area contributed by atoms with E-state index in [1.807, 2.05) is 0 Å².